The van der Waals surface area contributed by atoms with Gasteiger partial charge in [-0.15, -0.1) is 0 Å². The topological polar surface area (TPSA) is 84.5 Å². The molecule has 0 fully saturated rings. The lowest BCUT2D eigenvalue weighted by Crippen LogP contribution is -2.30. The molecule has 0 spiro atoms. The molecule has 3 aromatic rings. The molecule has 3 aromatic carbocycles. The number of amides is 1. The summed E-state index contributed by atoms with van der Waals surface area (Å²) in [7, 11) is -3.77. The molecule has 1 aliphatic heterocycles. The normalized spacial score (nSPS) is 16.1. The van der Waals surface area contributed by atoms with E-state index in [4.69, 9.17) is 4.74 Å². The number of fused-ring (bicyclic) bond motifs is 1. The largest absolute Gasteiger partial charge is 0.474 e. The molecule has 6 nitrogen and oxygen atoms in total. The minimum absolute atomic E-state index is 0.0654. The van der Waals surface area contributed by atoms with Gasteiger partial charge in [0.1, 0.15) is 5.75 Å². The number of anilines is 2. The van der Waals surface area contributed by atoms with Crippen LogP contribution >= 0.6 is 0 Å². The molecule has 1 heterocycles. The van der Waals surface area contributed by atoms with Gasteiger partial charge in [-0.05, 0) is 41.3 Å². The molecule has 160 valence electrons. The Hall–Kier alpha value is -3.32. The molecule has 1 unspecified atom stereocenters. The number of nitrogens with one attached hydrogen (secondary N) is 2. The highest BCUT2D eigenvalue weighted by Crippen LogP contribution is 2.37. The molecule has 1 aliphatic rings. The van der Waals surface area contributed by atoms with Crippen LogP contribution in [-0.2, 0) is 20.2 Å². The summed E-state index contributed by atoms with van der Waals surface area (Å²) in [5, 5.41) is 2.80. The van der Waals surface area contributed by atoms with Crippen molar-refractivity contribution in [2.75, 3.05) is 10.0 Å². The van der Waals surface area contributed by atoms with E-state index in [1.165, 1.54) is 0 Å². The summed E-state index contributed by atoms with van der Waals surface area (Å²) in [6, 6.07) is 20.8. The highest BCUT2D eigenvalue weighted by molar-refractivity contribution is 7.92. The second-order valence-corrected chi connectivity index (χ2v) is 10.2. The molecule has 0 bridgehead atoms. The fourth-order valence-corrected chi connectivity index (χ4v) is 4.42. The Kier molecular flexibility index (Phi) is 5.23. The van der Waals surface area contributed by atoms with E-state index in [2.05, 4.69) is 30.8 Å². The average Bonchev–Trinajstić information content (AvgIpc) is 2.73. The van der Waals surface area contributed by atoms with Crippen LogP contribution in [0.4, 0.5) is 11.4 Å². The van der Waals surface area contributed by atoms with Gasteiger partial charge < -0.3 is 10.1 Å². The van der Waals surface area contributed by atoms with Crippen LogP contribution in [0.25, 0.3) is 0 Å². The Balaban J connectivity index is 1.55. The van der Waals surface area contributed by atoms with Crippen LogP contribution in [0, 0.1) is 0 Å². The van der Waals surface area contributed by atoms with E-state index < -0.39 is 16.1 Å². The lowest BCUT2D eigenvalue weighted by Gasteiger charge is -2.26. The Bertz CT molecular complexity index is 1210. The maximum absolute atomic E-state index is 12.8. The zero-order valence-corrected chi connectivity index (χ0v) is 18.4. The van der Waals surface area contributed by atoms with Crippen molar-refractivity contribution >= 4 is 27.3 Å². The molecule has 2 N–H and O–H groups in total. The molecule has 0 aliphatic carbocycles. The second kappa shape index (κ2) is 7.74. The quantitative estimate of drug-likeness (QED) is 0.612. The van der Waals surface area contributed by atoms with Crippen LogP contribution in [0.1, 0.15) is 38.0 Å². The molecule has 1 amide bonds. The van der Waals surface area contributed by atoms with Crippen LogP contribution in [0.15, 0.2) is 77.7 Å². The van der Waals surface area contributed by atoms with E-state index in [0.29, 0.717) is 17.1 Å². The number of rotatable bonds is 4. The lowest BCUT2D eigenvalue weighted by molar-refractivity contribution is -0.123. The van der Waals surface area contributed by atoms with Gasteiger partial charge in [-0.25, -0.2) is 8.42 Å². The average molecular weight is 437 g/mol. The van der Waals surface area contributed by atoms with Gasteiger partial charge in [-0.1, -0.05) is 63.2 Å². The van der Waals surface area contributed by atoms with Gasteiger partial charge in [-0.3, -0.25) is 9.52 Å². The summed E-state index contributed by atoms with van der Waals surface area (Å²) in [5.41, 5.74) is 2.48. The van der Waals surface area contributed by atoms with Crippen molar-refractivity contribution < 1.29 is 17.9 Å². The number of hydrogen-bond acceptors (Lipinski definition) is 4. The van der Waals surface area contributed by atoms with Gasteiger partial charge in [0.15, 0.2) is 0 Å². The molecule has 4 rings (SSSR count). The maximum Gasteiger partial charge on any atom is 0.270 e. The van der Waals surface area contributed by atoms with Crippen molar-refractivity contribution in [3.8, 4) is 5.75 Å². The van der Waals surface area contributed by atoms with Crippen LogP contribution in [0.2, 0.25) is 0 Å². The predicted octanol–water partition coefficient (Wildman–Crippen LogP) is 4.86. The SMILES string of the molecule is CC(C)(C)c1ccc(S(=O)(=O)Nc2ccc3c(c2)NC(=O)C(c2ccccc2)O3)cc1. The first-order valence-electron chi connectivity index (χ1n) is 9.93. The number of carbonyl (C=O) groups is 1. The fraction of sp³-hybridized carbons (Fsp3) is 0.208. The minimum atomic E-state index is -3.77. The standard InChI is InChI=1S/C24H24N2O4S/c1-24(2,3)17-9-12-19(13-10-17)31(28,29)26-18-11-14-21-20(15-18)25-23(27)22(30-21)16-7-5-4-6-8-16/h4-15,22,26H,1-3H3,(H,25,27). The smallest absolute Gasteiger partial charge is 0.270 e. The van der Waals surface area contributed by atoms with Crippen molar-refractivity contribution in [3.63, 3.8) is 0 Å². The number of carbonyl (C=O) groups excluding carboxylic acids is 1. The Morgan fingerprint density at radius 2 is 1.61 bits per heavy atom. The van der Waals surface area contributed by atoms with Crippen molar-refractivity contribution in [2.24, 2.45) is 0 Å². The maximum atomic E-state index is 12.8. The summed E-state index contributed by atoms with van der Waals surface area (Å²) in [6.45, 7) is 6.21. The first-order chi connectivity index (χ1) is 14.6. The Labute approximate surface area is 182 Å². The van der Waals surface area contributed by atoms with Gasteiger partial charge >= 0.3 is 0 Å². The number of benzene rings is 3. The Morgan fingerprint density at radius 3 is 2.26 bits per heavy atom. The zero-order chi connectivity index (χ0) is 22.2. The van der Waals surface area contributed by atoms with Gasteiger partial charge in [0, 0.05) is 5.56 Å². The van der Waals surface area contributed by atoms with E-state index in [1.54, 1.807) is 30.3 Å². The van der Waals surface area contributed by atoms with Crippen LogP contribution in [-0.4, -0.2) is 14.3 Å². The molecular weight excluding hydrogens is 412 g/mol. The van der Waals surface area contributed by atoms with Crippen molar-refractivity contribution in [1.29, 1.82) is 0 Å². The van der Waals surface area contributed by atoms with E-state index in [9.17, 15) is 13.2 Å². The third-order valence-electron chi connectivity index (χ3n) is 5.11. The molecular formula is C24H24N2O4S. The summed E-state index contributed by atoms with van der Waals surface area (Å²) in [5.74, 6) is 0.169. The molecule has 7 heteroatoms. The number of sulfonamides is 1. The van der Waals surface area contributed by atoms with E-state index in [-0.39, 0.29) is 16.2 Å². The van der Waals surface area contributed by atoms with Gasteiger partial charge in [-0.2, -0.15) is 0 Å². The minimum Gasteiger partial charge on any atom is -0.474 e. The van der Waals surface area contributed by atoms with Crippen molar-refractivity contribution in [1.82, 2.24) is 0 Å². The van der Waals surface area contributed by atoms with Gasteiger partial charge in [0.2, 0.25) is 6.10 Å². The van der Waals surface area contributed by atoms with Crippen LogP contribution < -0.4 is 14.8 Å². The predicted molar refractivity (Wildman–Crippen MR) is 121 cm³/mol. The van der Waals surface area contributed by atoms with Crippen LogP contribution in [0.5, 0.6) is 5.75 Å². The fourth-order valence-electron chi connectivity index (χ4n) is 3.37. The third-order valence-corrected chi connectivity index (χ3v) is 6.50. The number of ether oxygens (including phenoxy) is 1. The first kappa shape index (κ1) is 20.9. The van der Waals surface area contributed by atoms with E-state index >= 15 is 0 Å². The molecule has 31 heavy (non-hydrogen) atoms. The zero-order valence-electron chi connectivity index (χ0n) is 17.5. The molecule has 1 atom stereocenters. The lowest BCUT2D eigenvalue weighted by atomic mass is 9.87. The van der Waals surface area contributed by atoms with Crippen LogP contribution in [0.3, 0.4) is 0 Å². The molecule has 0 saturated carbocycles. The van der Waals surface area contributed by atoms with Gasteiger partial charge in [0.25, 0.3) is 15.9 Å². The van der Waals surface area contributed by atoms with E-state index in [0.717, 1.165) is 11.1 Å². The first-order valence-corrected chi connectivity index (χ1v) is 11.4. The summed E-state index contributed by atoms with van der Waals surface area (Å²) in [4.78, 5) is 12.7. The second-order valence-electron chi connectivity index (χ2n) is 8.49. The summed E-state index contributed by atoms with van der Waals surface area (Å²) >= 11 is 0. The summed E-state index contributed by atoms with van der Waals surface area (Å²) < 4.78 is 34.0. The molecule has 0 aromatic heterocycles. The van der Waals surface area contributed by atoms with Gasteiger partial charge in [0.05, 0.1) is 16.3 Å². The highest BCUT2D eigenvalue weighted by atomic mass is 32.2. The Morgan fingerprint density at radius 1 is 0.935 bits per heavy atom. The number of hydrogen-bond donors (Lipinski definition) is 2. The molecule has 0 radical (unpaired) electrons. The summed E-state index contributed by atoms with van der Waals surface area (Å²) in [6.07, 6.45) is -0.752. The van der Waals surface area contributed by atoms with Crippen molar-refractivity contribution in [3.05, 3.63) is 83.9 Å². The monoisotopic (exact) mass is 436 g/mol. The van der Waals surface area contributed by atoms with E-state index in [1.807, 2.05) is 42.5 Å². The third kappa shape index (κ3) is 4.41. The van der Waals surface area contributed by atoms with Crippen molar-refractivity contribution in [2.45, 2.75) is 37.2 Å². The highest BCUT2D eigenvalue weighted by Gasteiger charge is 2.29. The molecule has 0 saturated heterocycles.